The molecule has 1 aromatic heterocycles. The molecule has 2 aromatic carbocycles. The maximum atomic E-state index is 13.8. The Morgan fingerprint density at radius 1 is 1.02 bits per heavy atom. The predicted octanol–water partition coefficient (Wildman–Crippen LogP) is 6.75. The Labute approximate surface area is 240 Å². The molecule has 1 saturated heterocycles. The topological polar surface area (TPSA) is 76.6 Å². The molecule has 4 aliphatic rings. The zero-order chi connectivity index (χ0) is 26.9. The number of rotatable bonds is 8. The molecule has 2 saturated carbocycles. The van der Waals surface area contributed by atoms with Crippen LogP contribution in [0, 0.1) is 0 Å². The van der Waals surface area contributed by atoms with Crippen molar-refractivity contribution in [2.45, 2.75) is 92.3 Å². The molecule has 7 nitrogen and oxygen atoms in total. The lowest BCUT2D eigenvalue weighted by Gasteiger charge is -2.37. The van der Waals surface area contributed by atoms with E-state index in [0.29, 0.717) is 5.95 Å². The van der Waals surface area contributed by atoms with Gasteiger partial charge >= 0.3 is 0 Å². The fourth-order valence-electron chi connectivity index (χ4n) is 6.36. The molecule has 1 N–H and O–H groups in total. The van der Waals surface area contributed by atoms with Crippen LogP contribution >= 0.6 is 11.8 Å². The van der Waals surface area contributed by atoms with E-state index in [-0.39, 0.29) is 24.3 Å². The van der Waals surface area contributed by atoms with Crippen LogP contribution in [0.15, 0.2) is 65.7 Å². The minimum atomic E-state index is -0.411. The SMILES string of the molecule is O=C1N([C@@H]2CCC[C@@H](OC3CCCCO3)C2)c2nc(Nc3ccc(SCc4ccccc4)cc3)ncc2C12CC2. The summed E-state index contributed by atoms with van der Waals surface area (Å²) in [6.07, 6.45) is 10.8. The first-order chi connectivity index (χ1) is 19.7. The summed E-state index contributed by atoms with van der Waals surface area (Å²) >= 11 is 1.82. The Balaban J connectivity index is 1.05. The van der Waals surface area contributed by atoms with Crippen molar-refractivity contribution in [3.63, 3.8) is 0 Å². The molecule has 8 heteroatoms. The summed E-state index contributed by atoms with van der Waals surface area (Å²) in [5, 5.41) is 3.37. The normalized spacial score (nSPS) is 25.1. The van der Waals surface area contributed by atoms with Gasteiger partial charge in [-0.25, -0.2) is 4.98 Å². The number of nitrogens with one attached hydrogen (secondary N) is 1. The molecule has 7 rings (SSSR count). The lowest BCUT2D eigenvalue weighted by atomic mass is 9.91. The molecule has 0 radical (unpaired) electrons. The van der Waals surface area contributed by atoms with Gasteiger partial charge in [-0.3, -0.25) is 9.69 Å². The summed E-state index contributed by atoms with van der Waals surface area (Å²) in [6, 6.07) is 19.0. The highest BCUT2D eigenvalue weighted by atomic mass is 32.2. The maximum absolute atomic E-state index is 13.8. The maximum Gasteiger partial charge on any atom is 0.239 e. The molecular formula is C32H36N4O3S. The van der Waals surface area contributed by atoms with E-state index in [9.17, 15) is 4.79 Å². The van der Waals surface area contributed by atoms with Crippen LogP contribution in [0.5, 0.6) is 0 Å². The number of fused-ring (bicyclic) bond motifs is 2. The van der Waals surface area contributed by atoms with Gasteiger partial charge in [0.05, 0.1) is 11.5 Å². The summed E-state index contributed by atoms with van der Waals surface area (Å²) in [6.45, 7) is 0.781. The highest BCUT2D eigenvalue weighted by Crippen LogP contribution is 2.57. The van der Waals surface area contributed by atoms with Crippen LogP contribution in [0.2, 0.25) is 0 Å². The van der Waals surface area contributed by atoms with E-state index in [4.69, 9.17) is 14.5 Å². The summed E-state index contributed by atoms with van der Waals surface area (Å²) in [7, 11) is 0. The number of hydrogen-bond acceptors (Lipinski definition) is 7. The van der Waals surface area contributed by atoms with E-state index in [1.165, 1.54) is 10.5 Å². The van der Waals surface area contributed by atoms with Gasteiger partial charge < -0.3 is 14.8 Å². The molecule has 1 spiro atoms. The largest absolute Gasteiger partial charge is 0.353 e. The zero-order valence-electron chi connectivity index (χ0n) is 22.8. The number of carbonyl (C=O) groups is 1. The number of nitrogens with zero attached hydrogens (tertiary/aromatic N) is 3. The van der Waals surface area contributed by atoms with Crippen LogP contribution in [0.4, 0.5) is 17.5 Å². The predicted molar refractivity (Wildman–Crippen MR) is 157 cm³/mol. The second-order valence-electron chi connectivity index (χ2n) is 11.5. The number of anilines is 3. The molecule has 40 heavy (non-hydrogen) atoms. The van der Waals surface area contributed by atoms with Gasteiger partial charge in [-0.05, 0) is 87.6 Å². The Kier molecular flexibility index (Phi) is 7.24. The van der Waals surface area contributed by atoms with Gasteiger partial charge in [-0.1, -0.05) is 30.3 Å². The molecule has 3 fully saturated rings. The lowest BCUT2D eigenvalue weighted by molar-refractivity contribution is -0.193. The Hall–Kier alpha value is -2.94. The van der Waals surface area contributed by atoms with Gasteiger partial charge in [-0.15, -0.1) is 11.8 Å². The van der Waals surface area contributed by atoms with Crippen LogP contribution in [0.1, 0.15) is 68.9 Å². The van der Waals surface area contributed by atoms with Crippen molar-refractivity contribution in [3.05, 3.63) is 71.9 Å². The molecule has 1 amide bonds. The van der Waals surface area contributed by atoms with E-state index in [1.807, 2.05) is 28.9 Å². The fraction of sp³-hybridized carbons (Fsp3) is 0.469. The van der Waals surface area contributed by atoms with Gasteiger partial charge in [0.25, 0.3) is 0 Å². The third kappa shape index (κ3) is 5.24. The first-order valence-electron chi connectivity index (χ1n) is 14.7. The molecule has 2 aliphatic carbocycles. The number of amides is 1. The second-order valence-corrected chi connectivity index (χ2v) is 12.5. The van der Waals surface area contributed by atoms with E-state index in [2.05, 4.69) is 58.8 Å². The van der Waals surface area contributed by atoms with Crippen molar-refractivity contribution in [3.8, 4) is 0 Å². The Morgan fingerprint density at radius 2 is 1.88 bits per heavy atom. The monoisotopic (exact) mass is 556 g/mol. The van der Waals surface area contributed by atoms with Crippen LogP contribution in [-0.4, -0.2) is 40.9 Å². The summed E-state index contributed by atoms with van der Waals surface area (Å²) in [5.74, 6) is 2.45. The molecule has 2 aliphatic heterocycles. The third-order valence-electron chi connectivity index (χ3n) is 8.70. The number of thioether (sulfide) groups is 1. The van der Waals surface area contributed by atoms with Crippen molar-refractivity contribution < 1.29 is 14.3 Å². The Bertz CT molecular complexity index is 1340. The average molecular weight is 557 g/mol. The van der Waals surface area contributed by atoms with Crippen LogP contribution in [0.3, 0.4) is 0 Å². The third-order valence-corrected chi connectivity index (χ3v) is 9.78. The number of carbonyl (C=O) groups excluding carboxylic acids is 1. The quantitative estimate of drug-likeness (QED) is 0.308. The standard InChI is InChI=1S/C32H36N4O3S/c37-30-32(16-17-32)27-20-33-31(34-23-12-14-26(15-13-23)40-21-22-7-2-1-3-8-22)35-29(27)36(30)24-9-6-10-25(19-24)39-28-11-4-5-18-38-28/h1-3,7-8,12-15,20,24-25,28H,4-6,9-11,16-19,21H2,(H,33,34,35)/t24-,25-,28?/m1/s1. The first-order valence-corrected chi connectivity index (χ1v) is 15.7. The molecule has 3 heterocycles. The first kappa shape index (κ1) is 26.0. The smallest absolute Gasteiger partial charge is 0.239 e. The van der Waals surface area contributed by atoms with Gasteiger partial charge in [-0.2, -0.15) is 4.98 Å². The van der Waals surface area contributed by atoms with E-state index >= 15 is 0 Å². The summed E-state index contributed by atoms with van der Waals surface area (Å²) < 4.78 is 12.2. The van der Waals surface area contributed by atoms with Gasteiger partial charge in [0, 0.05) is 40.7 Å². The van der Waals surface area contributed by atoms with Crippen molar-refractivity contribution in [1.82, 2.24) is 9.97 Å². The van der Waals surface area contributed by atoms with E-state index in [1.54, 1.807) is 0 Å². The average Bonchev–Trinajstić information content (AvgIpc) is 3.76. The zero-order valence-corrected chi connectivity index (χ0v) is 23.6. The molecular weight excluding hydrogens is 520 g/mol. The summed E-state index contributed by atoms with van der Waals surface area (Å²) in [4.78, 5) is 26.6. The summed E-state index contributed by atoms with van der Waals surface area (Å²) in [5.41, 5.74) is 2.83. The second kappa shape index (κ2) is 11.1. The molecule has 1 unspecified atom stereocenters. The molecule has 208 valence electrons. The minimum Gasteiger partial charge on any atom is -0.353 e. The number of ether oxygens (including phenoxy) is 2. The van der Waals surface area contributed by atoms with Crippen molar-refractivity contribution >= 4 is 35.1 Å². The minimum absolute atomic E-state index is 0.0947. The van der Waals surface area contributed by atoms with Crippen LogP contribution < -0.4 is 10.2 Å². The Morgan fingerprint density at radius 3 is 2.65 bits per heavy atom. The van der Waals surface area contributed by atoms with Crippen molar-refractivity contribution in [1.29, 1.82) is 0 Å². The van der Waals surface area contributed by atoms with Gasteiger partial charge in [0.1, 0.15) is 5.82 Å². The highest BCUT2D eigenvalue weighted by molar-refractivity contribution is 7.98. The van der Waals surface area contributed by atoms with Crippen LogP contribution in [-0.2, 0) is 25.4 Å². The van der Waals surface area contributed by atoms with Gasteiger partial charge in [0.2, 0.25) is 11.9 Å². The number of benzene rings is 2. The number of hydrogen-bond donors (Lipinski definition) is 1. The van der Waals surface area contributed by atoms with E-state index in [0.717, 1.165) is 87.2 Å². The van der Waals surface area contributed by atoms with Crippen molar-refractivity contribution in [2.75, 3.05) is 16.8 Å². The van der Waals surface area contributed by atoms with Gasteiger partial charge in [0.15, 0.2) is 6.29 Å². The molecule has 3 aromatic rings. The van der Waals surface area contributed by atoms with Crippen molar-refractivity contribution in [2.24, 2.45) is 0 Å². The highest BCUT2D eigenvalue weighted by Gasteiger charge is 2.61. The van der Waals surface area contributed by atoms with E-state index < -0.39 is 5.41 Å². The molecule has 3 atom stereocenters. The molecule has 0 bridgehead atoms. The van der Waals surface area contributed by atoms with Crippen LogP contribution in [0.25, 0.3) is 0 Å². The number of aromatic nitrogens is 2. The fourth-order valence-corrected chi connectivity index (χ4v) is 7.21. The lowest BCUT2D eigenvalue weighted by Crippen LogP contribution is -2.45.